The first kappa shape index (κ1) is 19.4. The molecule has 0 aliphatic carbocycles. The maximum Gasteiger partial charge on any atom is 0.329 e. The third-order valence-electron chi connectivity index (χ3n) is 3.74. The van der Waals surface area contributed by atoms with E-state index in [9.17, 15) is 14.4 Å². The van der Waals surface area contributed by atoms with Crippen LogP contribution >= 0.6 is 0 Å². The number of hydrogen-bond donors (Lipinski definition) is 3. The van der Waals surface area contributed by atoms with Crippen LogP contribution in [0.2, 0.25) is 0 Å². The van der Waals surface area contributed by atoms with Gasteiger partial charge in [-0.15, -0.1) is 0 Å². The lowest BCUT2D eigenvalue weighted by Gasteiger charge is -2.11. The molecule has 0 saturated carbocycles. The van der Waals surface area contributed by atoms with Gasteiger partial charge in [-0.3, -0.25) is 19.4 Å². The lowest BCUT2D eigenvalue weighted by Crippen LogP contribution is -2.33. The summed E-state index contributed by atoms with van der Waals surface area (Å²) in [6.45, 7) is 0. The molecule has 3 aromatic rings. The molecule has 2 aromatic carbocycles. The Morgan fingerprint density at radius 1 is 0.793 bits per heavy atom. The molecule has 8 heteroatoms. The molecule has 0 spiro atoms. The van der Waals surface area contributed by atoms with Crippen molar-refractivity contribution in [3.05, 3.63) is 90.3 Å². The van der Waals surface area contributed by atoms with Crippen LogP contribution in [0.5, 0.6) is 0 Å². The highest BCUT2D eigenvalue weighted by molar-refractivity contribution is 6.40. The van der Waals surface area contributed by atoms with Crippen molar-refractivity contribution in [2.75, 3.05) is 10.6 Å². The van der Waals surface area contributed by atoms with Crippen molar-refractivity contribution in [1.82, 2.24) is 10.4 Å². The van der Waals surface area contributed by atoms with Crippen molar-refractivity contribution in [2.45, 2.75) is 0 Å². The fraction of sp³-hybridized carbons (Fsp3) is 0. The molecule has 0 atom stereocenters. The monoisotopic (exact) mass is 387 g/mol. The summed E-state index contributed by atoms with van der Waals surface area (Å²) in [5, 5.41) is 8.89. The number of benzene rings is 2. The van der Waals surface area contributed by atoms with Crippen LogP contribution in [0.4, 0.5) is 11.4 Å². The normalized spacial score (nSPS) is 10.3. The zero-order valence-electron chi connectivity index (χ0n) is 15.2. The van der Waals surface area contributed by atoms with E-state index in [-0.39, 0.29) is 11.3 Å². The van der Waals surface area contributed by atoms with Gasteiger partial charge >= 0.3 is 11.8 Å². The maximum atomic E-state index is 12.5. The van der Waals surface area contributed by atoms with Crippen molar-refractivity contribution in [3.63, 3.8) is 0 Å². The van der Waals surface area contributed by atoms with Gasteiger partial charge in [-0.1, -0.05) is 30.3 Å². The molecule has 144 valence electrons. The quantitative estimate of drug-likeness (QED) is 0.354. The molecule has 1 heterocycles. The number of rotatable bonds is 5. The van der Waals surface area contributed by atoms with E-state index in [2.05, 4.69) is 26.1 Å². The van der Waals surface area contributed by atoms with E-state index in [1.807, 2.05) is 6.07 Å². The Balaban J connectivity index is 1.63. The molecule has 3 amide bonds. The molecule has 0 aliphatic rings. The smallest absolute Gasteiger partial charge is 0.322 e. The predicted molar refractivity (Wildman–Crippen MR) is 109 cm³/mol. The minimum atomic E-state index is -0.964. The van der Waals surface area contributed by atoms with Gasteiger partial charge in [0.1, 0.15) is 0 Å². The van der Waals surface area contributed by atoms with Crippen LogP contribution in [0.15, 0.2) is 84.2 Å². The number of carbonyl (C=O) groups excluding carboxylic acids is 3. The molecular formula is C21H17N5O3. The molecule has 0 bridgehead atoms. The van der Waals surface area contributed by atoms with Crippen LogP contribution in [0.3, 0.4) is 0 Å². The van der Waals surface area contributed by atoms with Gasteiger partial charge < -0.3 is 10.6 Å². The zero-order chi connectivity index (χ0) is 20.5. The van der Waals surface area contributed by atoms with E-state index in [0.717, 1.165) is 0 Å². The summed E-state index contributed by atoms with van der Waals surface area (Å²) >= 11 is 0. The SMILES string of the molecule is O=C(N/N=C/c1ccncc1)C(=O)Nc1ccccc1C(=O)Nc1ccccc1. The van der Waals surface area contributed by atoms with Gasteiger partial charge in [0.25, 0.3) is 5.91 Å². The second-order valence-electron chi connectivity index (χ2n) is 5.80. The van der Waals surface area contributed by atoms with Crippen molar-refractivity contribution in [2.24, 2.45) is 5.10 Å². The van der Waals surface area contributed by atoms with Crippen LogP contribution < -0.4 is 16.1 Å². The third-order valence-corrected chi connectivity index (χ3v) is 3.74. The number of nitrogens with one attached hydrogen (secondary N) is 3. The standard InChI is InChI=1S/C21H17N5O3/c27-19(24-16-6-2-1-3-7-16)17-8-4-5-9-18(17)25-20(28)21(29)26-23-14-15-10-12-22-13-11-15/h1-14H,(H,24,27)(H,25,28)(H,26,29)/b23-14+. The highest BCUT2D eigenvalue weighted by Gasteiger charge is 2.17. The Kier molecular flexibility index (Phi) is 6.41. The third kappa shape index (κ3) is 5.57. The molecule has 3 N–H and O–H groups in total. The number of aromatic nitrogens is 1. The van der Waals surface area contributed by atoms with Gasteiger partial charge in [-0.05, 0) is 42.0 Å². The Labute approximate surface area is 166 Å². The molecule has 1 aromatic heterocycles. The lowest BCUT2D eigenvalue weighted by molar-refractivity contribution is -0.136. The molecule has 0 saturated heterocycles. The largest absolute Gasteiger partial charge is 0.329 e. The number of carbonyl (C=O) groups is 3. The van der Waals surface area contributed by atoms with Crippen LogP contribution in [0, 0.1) is 0 Å². The number of anilines is 2. The van der Waals surface area contributed by atoms with Crippen molar-refractivity contribution in [1.29, 1.82) is 0 Å². The Morgan fingerprint density at radius 2 is 1.48 bits per heavy atom. The summed E-state index contributed by atoms with van der Waals surface area (Å²) in [6, 6.07) is 18.7. The van der Waals surface area contributed by atoms with E-state index < -0.39 is 17.7 Å². The topological polar surface area (TPSA) is 113 Å². The van der Waals surface area contributed by atoms with Crippen LogP contribution in [0.1, 0.15) is 15.9 Å². The fourth-order valence-corrected chi connectivity index (χ4v) is 2.35. The molecule has 3 rings (SSSR count). The van der Waals surface area contributed by atoms with Crippen molar-refractivity contribution in [3.8, 4) is 0 Å². The first-order chi connectivity index (χ1) is 14.1. The van der Waals surface area contributed by atoms with Gasteiger partial charge in [0.2, 0.25) is 0 Å². The molecule has 8 nitrogen and oxygen atoms in total. The number of pyridine rings is 1. The molecule has 0 aliphatic heterocycles. The first-order valence-electron chi connectivity index (χ1n) is 8.63. The van der Waals surface area contributed by atoms with E-state index in [4.69, 9.17) is 0 Å². The minimum Gasteiger partial charge on any atom is -0.322 e. The Morgan fingerprint density at radius 3 is 2.24 bits per heavy atom. The highest BCUT2D eigenvalue weighted by atomic mass is 16.2. The van der Waals surface area contributed by atoms with E-state index >= 15 is 0 Å². The summed E-state index contributed by atoms with van der Waals surface area (Å²) < 4.78 is 0. The van der Waals surface area contributed by atoms with E-state index in [1.54, 1.807) is 67.0 Å². The molecule has 0 fully saturated rings. The second kappa shape index (κ2) is 9.56. The van der Waals surface area contributed by atoms with Crippen LogP contribution in [-0.4, -0.2) is 28.9 Å². The number of para-hydroxylation sites is 2. The number of hydrogen-bond acceptors (Lipinski definition) is 5. The molecule has 29 heavy (non-hydrogen) atoms. The van der Waals surface area contributed by atoms with Crippen LogP contribution in [-0.2, 0) is 9.59 Å². The molecular weight excluding hydrogens is 370 g/mol. The number of nitrogens with zero attached hydrogens (tertiary/aromatic N) is 2. The molecule has 0 radical (unpaired) electrons. The predicted octanol–water partition coefficient (Wildman–Crippen LogP) is 2.42. The summed E-state index contributed by atoms with van der Waals surface area (Å²) in [5.74, 6) is -2.33. The summed E-state index contributed by atoms with van der Waals surface area (Å²) in [6.07, 6.45) is 4.54. The minimum absolute atomic E-state index is 0.208. The van der Waals surface area contributed by atoms with E-state index in [0.29, 0.717) is 11.3 Å². The van der Waals surface area contributed by atoms with E-state index in [1.165, 1.54) is 12.3 Å². The number of amides is 3. The average Bonchev–Trinajstić information content (AvgIpc) is 2.75. The van der Waals surface area contributed by atoms with Gasteiger partial charge in [0, 0.05) is 18.1 Å². The second-order valence-corrected chi connectivity index (χ2v) is 5.80. The van der Waals surface area contributed by atoms with Gasteiger partial charge in [0.15, 0.2) is 0 Å². The first-order valence-corrected chi connectivity index (χ1v) is 8.63. The fourth-order valence-electron chi connectivity index (χ4n) is 2.35. The highest BCUT2D eigenvalue weighted by Crippen LogP contribution is 2.17. The van der Waals surface area contributed by atoms with Gasteiger partial charge in [0.05, 0.1) is 17.5 Å². The summed E-state index contributed by atoms with van der Waals surface area (Å²) in [4.78, 5) is 40.5. The zero-order valence-corrected chi connectivity index (χ0v) is 15.2. The summed E-state index contributed by atoms with van der Waals surface area (Å²) in [7, 11) is 0. The van der Waals surface area contributed by atoms with Crippen molar-refractivity contribution < 1.29 is 14.4 Å². The maximum absolute atomic E-state index is 12.5. The molecule has 0 unspecified atom stereocenters. The van der Waals surface area contributed by atoms with Crippen molar-refractivity contribution >= 4 is 35.3 Å². The van der Waals surface area contributed by atoms with Crippen LogP contribution in [0.25, 0.3) is 0 Å². The Hall–Kier alpha value is -4.33. The van der Waals surface area contributed by atoms with Gasteiger partial charge in [-0.2, -0.15) is 5.10 Å². The summed E-state index contributed by atoms with van der Waals surface area (Å²) in [5.41, 5.74) is 3.89. The Bertz CT molecular complexity index is 1040. The lowest BCUT2D eigenvalue weighted by atomic mass is 10.1. The van der Waals surface area contributed by atoms with Gasteiger partial charge in [-0.25, -0.2) is 5.43 Å². The number of hydrazone groups is 1. The average molecular weight is 387 g/mol.